The van der Waals surface area contributed by atoms with E-state index in [9.17, 15) is 10.4 Å². The van der Waals surface area contributed by atoms with Gasteiger partial charge in [0.15, 0.2) is 6.35 Å². The molecular formula is C30H34Cl2N4O2. The van der Waals surface area contributed by atoms with Crippen LogP contribution in [0.4, 0.5) is 5.69 Å². The number of likely N-dealkylation sites (tertiary alicyclic amines) is 1. The average molecular weight is 554 g/mol. The third-order valence-electron chi connectivity index (χ3n) is 7.17. The van der Waals surface area contributed by atoms with Crippen LogP contribution in [0.25, 0.3) is 11.1 Å². The Balaban J connectivity index is 1.47. The highest BCUT2D eigenvalue weighted by atomic mass is 35.5. The van der Waals surface area contributed by atoms with E-state index in [4.69, 9.17) is 27.9 Å². The van der Waals surface area contributed by atoms with Gasteiger partial charge >= 0.3 is 0 Å². The van der Waals surface area contributed by atoms with Crippen LogP contribution in [-0.2, 0) is 4.74 Å². The van der Waals surface area contributed by atoms with E-state index in [-0.39, 0.29) is 5.92 Å². The topological polar surface area (TPSA) is 80.6 Å². The number of halogens is 2. The van der Waals surface area contributed by atoms with Crippen molar-refractivity contribution in [2.45, 2.75) is 25.1 Å². The molecule has 1 fully saturated rings. The summed E-state index contributed by atoms with van der Waals surface area (Å²) in [5.41, 5.74) is 4.62. The zero-order valence-corrected chi connectivity index (χ0v) is 23.1. The molecule has 3 aromatic rings. The third kappa shape index (κ3) is 7.94. The Labute approximate surface area is 235 Å². The summed E-state index contributed by atoms with van der Waals surface area (Å²) in [5.74, 6) is 0.695. The van der Waals surface area contributed by atoms with Gasteiger partial charge in [-0.3, -0.25) is 5.32 Å². The number of benzene rings is 3. The number of anilines is 1. The van der Waals surface area contributed by atoms with Crippen LogP contribution in [-0.4, -0.2) is 56.3 Å². The lowest BCUT2D eigenvalue weighted by Crippen LogP contribution is -2.42. The molecule has 0 aliphatic carbocycles. The summed E-state index contributed by atoms with van der Waals surface area (Å²) in [4.78, 5) is 2.45. The van der Waals surface area contributed by atoms with E-state index in [0.29, 0.717) is 33.8 Å². The molecule has 1 aliphatic heterocycles. The molecule has 2 atom stereocenters. The maximum atomic E-state index is 10.7. The van der Waals surface area contributed by atoms with Gasteiger partial charge in [0.05, 0.1) is 18.2 Å². The Bertz CT molecular complexity index is 1200. The first-order chi connectivity index (χ1) is 18.4. The molecule has 200 valence electrons. The number of rotatable bonds is 11. The standard InChI is InChI=1S/C30H34Cl2N4O2/c1-38-14-13-36-11-9-24(10-12-36)29(20-34-30(37)35-28-17-26(31)16-27(32)18-28)23-7-5-22(6-8-23)25-4-2-3-21(15-25)19-33/h2-8,15-18,24,29-30,34-35,37H,9-14,20H2,1H3. The number of aliphatic hydroxyl groups is 1. The van der Waals surface area contributed by atoms with Crippen LogP contribution in [0.3, 0.4) is 0 Å². The van der Waals surface area contributed by atoms with E-state index in [2.05, 4.69) is 45.9 Å². The van der Waals surface area contributed by atoms with E-state index >= 15 is 0 Å². The van der Waals surface area contributed by atoms with Gasteiger partial charge in [-0.2, -0.15) is 5.26 Å². The number of methoxy groups -OCH3 is 1. The van der Waals surface area contributed by atoms with Crippen LogP contribution in [0.15, 0.2) is 66.7 Å². The Morgan fingerprint density at radius 1 is 1.03 bits per heavy atom. The second-order valence-electron chi connectivity index (χ2n) is 9.71. The molecule has 3 aromatic carbocycles. The summed E-state index contributed by atoms with van der Waals surface area (Å²) in [6, 6.07) is 23.6. The number of nitriles is 1. The molecule has 0 spiro atoms. The van der Waals surface area contributed by atoms with Gasteiger partial charge in [0, 0.05) is 35.9 Å². The van der Waals surface area contributed by atoms with E-state index in [1.807, 2.05) is 24.3 Å². The quantitative estimate of drug-likeness (QED) is 0.255. The Kier molecular flexibility index (Phi) is 10.4. The van der Waals surface area contributed by atoms with Crippen LogP contribution in [0.5, 0.6) is 0 Å². The molecule has 0 saturated carbocycles. The van der Waals surface area contributed by atoms with Crippen molar-refractivity contribution in [2.75, 3.05) is 45.2 Å². The van der Waals surface area contributed by atoms with Gasteiger partial charge < -0.3 is 20.1 Å². The van der Waals surface area contributed by atoms with Gasteiger partial charge in [-0.25, -0.2) is 0 Å². The van der Waals surface area contributed by atoms with Crippen molar-refractivity contribution >= 4 is 28.9 Å². The summed E-state index contributed by atoms with van der Waals surface area (Å²) in [6.45, 7) is 4.37. The van der Waals surface area contributed by atoms with Gasteiger partial charge in [-0.05, 0) is 84.8 Å². The lowest BCUT2D eigenvalue weighted by atomic mass is 9.79. The minimum atomic E-state index is -0.957. The highest BCUT2D eigenvalue weighted by Gasteiger charge is 2.28. The number of nitrogens with zero attached hydrogens (tertiary/aromatic N) is 2. The van der Waals surface area contributed by atoms with E-state index in [0.717, 1.165) is 50.2 Å². The van der Waals surface area contributed by atoms with Gasteiger partial charge in [0.2, 0.25) is 0 Å². The van der Waals surface area contributed by atoms with Crippen molar-refractivity contribution in [1.82, 2.24) is 10.2 Å². The van der Waals surface area contributed by atoms with Gasteiger partial charge in [0.1, 0.15) is 0 Å². The summed E-state index contributed by atoms with van der Waals surface area (Å²) >= 11 is 12.2. The molecule has 8 heteroatoms. The largest absolute Gasteiger partial charge is 0.383 e. The van der Waals surface area contributed by atoms with Crippen molar-refractivity contribution in [2.24, 2.45) is 5.92 Å². The molecular weight excluding hydrogens is 519 g/mol. The molecule has 2 unspecified atom stereocenters. The molecule has 1 aliphatic rings. The monoisotopic (exact) mass is 552 g/mol. The van der Waals surface area contributed by atoms with E-state index in [1.165, 1.54) is 5.56 Å². The van der Waals surface area contributed by atoms with Crippen molar-refractivity contribution in [3.05, 3.63) is 87.9 Å². The molecule has 38 heavy (non-hydrogen) atoms. The Morgan fingerprint density at radius 2 is 1.74 bits per heavy atom. The number of hydrogen-bond donors (Lipinski definition) is 3. The van der Waals surface area contributed by atoms with Crippen LogP contribution in [0.1, 0.15) is 29.9 Å². The number of hydrogen-bond acceptors (Lipinski definition) is 6. The summed E-state index contributed by atoms with van der Waals surface area (Å²) in [7, 11) is 1.74. The predicted molar refractivity (Wildman–Crippen MR) is 154 cm³/mol. The molecule has 4 rings (SSSR count). The Morgan fingerprint density at radius 3 is 2.39 bits per heavy atom. The second kappa shape index (κ2) is 14.0. The molecule has 0 radical (unpaired) electrons. The van der Waals surface area contributed by atoms with E-state index < -0.39 is 6.35 Å². The zero-order valence-electron chi connectivity index (χ0n) is 21.5. The molecule has 6 nitrogen and oxygen atoms in total. The first-order valence-corrected chi connectivity index (χ1v) is 13.7. The smallest absolute Gasteiger partial charge is 0.181 e. The predicted octanol–water partition coefficient (Wildman–Crippen LogP) is 5.95. The number of nitrogens with one attached hydrogen (secondary N) is 2. The van der Waals surface area contributed by atoms with Gasteiger partial charge in [-0.1, -0.05) is 59.6 Å². The normalized spacial score (nSPS) is 16.1. The minimum Gasteiger partial charge on any atom is -0.383 e. The highest BCUT2D eigenvalue weighted by Crippen LogP contribution is 2.34. The fraction of sp³-hybridized carbons (Fsp3) is 0.367. The highest BCUT2D eigenvalue weighted by molar-refractivity contribution is 6.35. The zero-order chi connectivity index (χ0) is 26.9. The first kappa shape index (κ1) is 28.4. The van der Waals surface area contributed by atoms with Crippen molar-refractivity contribution in [3.8, 4) is 17.2 Å². The lowest BCUT2D eigenvalue weighted by Gasteiger charge is -2.37. The number of ether oxygens (including phenoxy) is 1. The molecule has 1 saturated heterocycles. The van der Waals surface area contributed by atoms with Gasteiger partial charge in [0.25, 0.3) is 0 Å². The first-order valence-electron chi connectivity index (χ1n) is 12.9. The molecule has 0 bridgehead atoms. The SMILES string of the molecule is COCCN1CCC(C(CNC(O)Nc2cc(Cl)cc(Cl)c2)c2ccc(-c3cccc(C#N)c3)cc2)CC1. The number of piperidine rings is 1. The Hall–Kier alpha value is -2.63. The fourth-order valence-corrected chi connectivity index (χ4v) is 5.66. The molecule has 3 N–H and O–H groups in total. The summed E-state index contributed by atoms with van der Waals surface area (Å²) < 4.78 is 5.26. The van der Waals surface area contributed by atoms with Gasteiger partial charge in [-0.15, -0.1) is 0 Å². The van der Waals surface area contributed by atoms with Crippen molar-refractivity contribution in [3.63, 3.8) is 0 Å². The summed E-state index contributed by atoms with van der Waals surface area (Å²) in [5, 5.41) is 27.3. The molecule has 1 heterocycles. The fourth-order valence-electron chi connectivity index (χ4n) is 5.13. The van der Waals surface area contributed by atoms with Crippen LogP contribution in [0.2, 0.25) is 10.0 Å². The van der Waals surface area contributed by atoms with Crippen molar-refractivity contribution < 1.29 is 9.84 Å². The van der Waals surface area contributed by atoms with Crippen LogP contribution >= 0.6 is 23.2 Å². The summed E-state index contributed by atoms with van der Waals surface area (Å²) in [6.07, 6.45) is 1.20. The molecule has 0 amide bonds. The van der Waals surface area contributed by atoms with Crippen LogP contribution in [0, 0.1) is 17.2 Å². The third-order valence-corrected chi connectivity index (χ3v) is 7.61. The average Bonchev–Trinajstić information content (AvgIpc) is 2.92. The maximum absolute atomic E-state index is 10.7. The second-order valence-corrected chi connectivity index (χ2v) is 10.6. The maximum Gasteiger partial charge on any atom is 0.181 e. The van der Waals surface area contributed by atoms with Crippen LogP contribution < -0.4 is 10.6 Å². The van der Waals surface area contributed by atoms with E-state index in [1.54, 1.807) is 25.3 Å². The lowest BCUT2D eigenvalue weighted by molar-refractivity contribution is 0.109. The minimum absolute atomic E-state index is 0.221. The van der Waals surface area contributed by atoms with Crippen molar-refractivity contribution in [1.29, 1.82) is 5.26 Å². The number of aliphatic hydroxyl groups excluding tert-OH is 1. The molecule has 0 aromatic heterocycles.